The number of anilines is 1. The number of H-pyrrole nitrogens is 1. The molecule has 2 aromatic carbocycles. The molecule has 0 unspecified atom stereocenters. The third kappa shape index (κ3) is 3.49. The van der Waals surface area contributed by atoms with Crippen LogP contribution in [0, 0.1) is 12.7 Å². The molecule has 0 saturated carbocycles. The Bertz CT molecular complexity index is 1170. The third-order valence-corrected chi connectivity index (χ3v) is 4.72. The van der Waals surface area contributed by atoms with Crippen LogP contribution in [0.3, 0.4) is 0 Å². The van der Waals surface area contributed by atoms with Crippen LogP contribution in [0.2, 0.25) is 0 Å². The van der Waals surface area contributed by atoms with Gasteiger partial charge in [0.1, 0.15) is 11.6 Å². The van der Waals surface area contributed by atoms with E-state index in [0.29, 0.717) is 17.1 Å². The molecule has 0 fully saturated rings. The summed E-state index contributed by atoms with van der Waals surface area (Å²) in [7, 11) is 0. The van der Waals surface area contributed by atoms with Gasteiger partial charge in [-0.2, -0.15) is 5.10 Å². The van der Waals surface area contributed by atoms with Crippen molar-refractivity contribution in [1.82, 2.24) is 15.2 Å². The first-order chi connectivity index (χ1) is 13.5. The monoisotopic (exact) mass is 374 g/mol. The molecule has 2 aromatic heterocycles. The van der Waals surface area contributed by atoms with Gasteiger partial charge < -0.3 is 5.73 Å². The van der Waals surface area contributed by atoms with E-state index in [4.69, 9.17) is 5.73 Å². The van der Waals surface area contributed by atoms with E-state index in [0.717, 1.165) is 27.6 Å². The number of carbonyl (C=O) groups excluding carboxylic acids is 1. The lowest BCUT2D eigenvalue weighted by molar-refractivity contribution is -0.117. The zero-order valence-electron chi connectivity index (χ0n) is 15.4. The fraction of sp³-hybridized carbons (Fsp3) is 0.136. The van der Waals surface area contributed by atoms with Crippen LogP contribution in [0.25, 0.3) is 22.0 Å². The van der Waals surface area contributed by atoms with Crippen LogP contribution in [0.5, 0.6) is 0 Å². The number of halogens is 1. The van der Waals surface area contributed by atoms with Gasteiger partial charge in [0.05, 0.1) is 10.9 Å². The molecule has 0 atom stereocenters. The van der Waals surface area contributed by atoms with E-state index in [1.807, 2.05) is 37.3 Å². The summed E-state index contributed by atoms with van der Waals surface area (Å²) in [6.07, 6.45) is 1.94. The van der Waals surface area contributed by atoms with Crippen molar-refractivity contribution < 1.29 is 9.18 Å². The Balaban J connectivity index is 1.52. The summed E-state index contributed by atoms with van der Waals surface area (Å²) in [6.45, 7) is 1.88. The number of carbonyl (C=O) groups is 1. The zero-order valence-corrected chi connectivity index (χ0v) is 15.4. The van der Waals surface area contributed by atoms with E-state index in [9.17, 15) is 9.18 Å². The summed E-state index contributed by atoms with van der Waals surface area (Å²) in [6, 6.07) is 14.3. The molecule has 0 aliphatic heterocycles. The second kappa shape index (κ2) is 7.23. The van der Waals surface area contributed by atoms with Crippen molar-refractivity contribution in [1.29, 1.82) is 0 Å². The molecule has 3 N–H and O–H groups in total. The average molecular weight is 374 g/mol. The summed E-state index contributed by atoms with van der Waals surface area (Å²) in [5.74, 6) is 0.00372. The Labute approximate surface area is 161 Å². The summed E-state index contributed by atoms with van der Waals surface area (Å²) in [5.41, 5.74) is 10.6. The molecule has 2 heterocycles. The molecule has 140 valence electrons. The molecule has 0 spiro atoms. The second-order valence-electron chi connectivity index (χ2n) is 6.86. The smallest absolute Gasteiger partial charge is 0.153 e. The summed E-state index contributed by atoms with van der Waals surface area (Å²) < 4.78 is 13.9. The van der Waals surface area contributed by atoms with E-state index in [2.05, 4.69) is 15.2 Å². The molecular weight excluding hydrogens is 355 g/mol. The van der Waals surface area contributed by atoms with Crippen LogP contribution in [0.15, 0.2) is 54.7 Å². The van der Waals surface area contributed by atoms with Gasteiger partial charge in [0.2, 0.25) is 0 Å². The predicted octanol–water partition coefficient (Wildman–Crippen LogP) is 4.01. The first-order valence-electron chi connectivity index (χ1n) is 8.96. The molecule has 4 rings (SSSR count). The van der Waals surface area contributed by atoms with E-state index in [1.165, 1.54) is 6.07 Å². The average Bonchev–Trinajstić information content (AvgIpc) is 3.07. The Morgan fingerprint density at radius 2 is 2.00 bits per heavy atom. The highest BCUT2D eigenvalue weighted by Gasteiger charge is 2.12. The minimum absolute atomic E-state index is 0.0573. The maximum atomic E-state index is 13.9. The molecular formula is C22H19FN4O. The number of ketones is 1. The maximum Gasteiger partial charge on any atom is 0.153 e. The number of rotatable bonds is 5. The van der Waals surface area contributed by atoms with Gasteiger partial charge in [-0.3, -0.25) is 14.9 Å². The van der Waals surface area contributed by atoms with Gasteiger partial charge in [0.25, 0.3) is 0 Å². The molecule has 0 aliphatic carbocycles. The number of Topliss-reactive ketones (excluding diaryl/α,β-unsaturated/α-hetero) is 1. The predicted molar refractivity (Wildman–Crippen MR) is 107 cm³/mol. The Kier molecular flexibility index (Phi) is 4.61. The summed E-state index contributed by atoms with van der Waals surface area (Å²) in [4.78, 5) is 16.8. The topological polar surface area (TPSA) is 84.7 Å². The third-order valence-electron chi connectivity index (χ3n) is 4.72. The zero-order chi connectivity index (χ0) is 19.7. The fourth-order valence-electron chi connectivity index (χ4n) is 3.34. The highest BCUT2D eigenvalue weighted by molar-refractivity contribution is 6.01. The van der Waals surface area contributed by atoms with Crippen LogP contribution in [0.4, 0.5) is 10.2 Å². The van der Waals surface area contributed by atoms with E-state index >= 15 is 0 Å². The normalized spacial score (nSPS) is 11.1. The van der Waals surface area contributed by atoms with Crippen LogP contribution < -0.4 is 5.73 Å². The quantitative estimate of drug-likeness (QED) is 0.553. The molecule has 5 nitrogen and oxygen atoms in total. The van der Waals surface area contributed by atoms with Gasteiger partial charge in [-0.25, -0.2) is 4.39 Å². The van der Waals surface area contributed by atoms with Crippen LogP contribution in [-0.4, -0.2) is 21.0 Å². The number of fused-ring (bicyclic) bond motifs is 1. The highest BCUT2D eigenvalue weighted by Crippen LogP contribution is 2.30. The molecule has 0 radical (unpaired) electrons. The van der Waals surface area contributed by atoms with Gasteiger partial charge in [0.15, 0.2) is 5.82 Å². The lowest BCUT2D eigenvalue weighted by Crippen LogP contribution is -2.09. The van der Waals surface area contributed by atoms with Gasteiger partial charge in [0, 0.05) is 30.3 Å². The van der Waals surface area contributed by atoms with Crippen molar-refractivity contribution in [3.8, 4) is 11.1 Å². The number of hydrogen-bond donors (Lipinski definition) is 2. The second-order valence-corrected chi connectivity index (χ2v) is 6.86. The largest absolute Gasteiger partial charge is 0.382 e. The van der Waals surface area contributed by atoms with Gasteiger partial charge in [-0.15, -0.1) is 0 Å². The number of benzene rings is 2. The van der Waals surface area contributed by atoms with Gasteiger partial charge in [-0.1, -0.05) is 35.9 Å². The number of hydrogen-bond acceptors (Lipinski definition) is 4. The van der Waals surface area contributed by atoms with E-state index < -0.39 is 0 Å². The van der Waals surface area contributed by atoms with Crippen molar-refractivity contribution in [2.45, 2.75) is 19.8 Å². The molecule has 28 heavy (non-hydrogen) atoms. The lowest BCUT2D eigenvalue weighted by atomic mass is 10.0. The van der Waals surface area contributed by atoms with E-state index in [1.54, 1.807) is 18.3 Å². The molecule has 4 aromatic rings. The summed E-state index contributed by atoms with van der Waals surface area (Å²) >= 11 is 0. The van der Waals surface area contributed by atoms with E-state index in [-0.39, 0.29) is 24.4 Å². The van der Waals surface area contributed by atoms with Crippen LogP contribution in [-0.2, 0) is 17.6 Å². The Morgan fingerprint density at radius 3 is 2.79 bits per heavy atom. The highest BCUT2D eigenvalue weighted by atomic mass is 19.1. The first-order valence-corrected chi connectivity index (χ1v) is 8.96. The SMILES string of the molecule is Cc1ccc(F)c(CC(=O)Cc2ccc(-c3cccc4[nH]nc(N)c34)cn2)c1. The first kappa shape index (κ1) is 17.9. The van der Waals surface area contributed by atoms with Gasteiger partial charge in [-0.05, 0) is 36.2 Å². The Hall–Kier alpha value is -3.54. The summed E-state index contributed by atoms with van der Waals surface area (Å²) in [5, 5.41) is 7.80. The minimum Gasteiger partial charge on any atom is -0.382 e. The molecule has 0 amide bonds. The number of nitrogens with two attached hydrogens (primary N) is 1. The number of aromatic amines is 1. The lowest BCUT2D eigenvalue weighted by Gasteiger charge is -2.07. The van der Waals surface area contributed by atoms with Crippen molar-refractivity contribution in [3.05, 3.63) is 77.4 Å². The van der Waals surface area contributed by atoms with Crippen LogP contribution >= 0.6 is 0 Å². The number of pyridine rings is 1. The Morgan fingerprint density at radius 1 is 1.14 bits per heavy atom. The van der Waals surface area contributed by atoms with Crippen molar-refractivity contribution in [2.24, 2.45) is 0 Å². The number of nitrogen functional groups attached to an aromatic ring is 1. The van der Waals surface area contributed by atoms with Crippen molar-refractivity contribution in [2.75, 3.05) is 5.73 Å². The standard InChI is InChI=1S/C22H19FN4O/c1-13-5-8-19(23)15(9-13)10-17(28)11-16-7-6-14(12-25-16)18-3-2-4-20-21(18)22(24)27-26-20/h2-9,12H,10-11H2,1H3,(H3,24,26,27). The molecule has 0 saturated heterocycles. The fourth-order valence-corrected chi connectivity index (χ4v) is 3.34. The minimum atomic E-state index is -0.354. The number of nitrogens with zero attached hydrogens (tertiary/aromatic N) is 2. The molecule has 0 aliphatic rings. The number of aromatic nitrogens is 3. The number of aryl methyl sites for hydroxylation is 1. The number of nitrogens with one attached hydrogen (secondary N) is 1. The molecule has 0 bridgehead atoms. The maximum absolute atomic E-state index is 13.9. The van der Waals surface area contributed by atoms with Gasteiger partial charge >= 0.3 is 0 Å². The van der Waals surface area contributed by atoms with Crippen molar-refractivity contribution in [3.63, 3.8) is 0 Å². The molecule has 6 heteroatoms. The van der Waals surface area contributed by atoms with Crippen LogP contribution in [0.1, 0.15) is 16.8 Å². The van der Waals surface area contributed by atoms with Crippen molar-refractivity contribution >= 4 is 22.5 Å².